The molecule has 1 fully saturated rings. The Balaban J connectivity index is 1.60. The van der Waals surface area contributed by atoms with Crippen LogP contribution in [0.15, 0.2) is 65.6 Å². The van der Waals surface area contributed by atoms with Crippen LogP contribution < -0.4 is 10.2 Å². The zero-order valence-corrected chi connectivity index (χ0v) is 17.5. The minimum Gasteiger partial charge on any atom is -0.393 e. The smallest absolute Gasteiger partial charge is 0.163 e. The Morgan fingerprint density at radius 2 is 1.77 bits per heavy atom. The standard InChI is InChI=1S/C22H24N4O3S/c1-28-29-30-19-9-7-17(8-10-19)23-20-15-21(26-13-11-18(27)12-14-26)25-22(24-20)16-5-3-2-4-6-16/h2-10,15,18,27H,11-14H2,1H3,(H,23,24,25). The van der Waals surface area contributed by atoms with Gasteiger partial charge in [0.1, 0.15) is 11.6 Å². The molecule has 0 saturated carbocycles. The van der Waals surface area contributed by atoms with Crippen molar-refractivity contribution in [1.29, 1.82) is 0 Å². The highest BCUT2D eigenvalue weighted by atomic mass is 32.2. The normalized spacial score (nSPS) is 14.7. The van der Waals surface area contributed by atoms with Crippen LogP contribution in [-0.4, -0.2) is 41.4 Å². The van der Waals surface area contributed by atoms with Crippen LogP contribution in [0.5, 0.6) is 0 Å². The first-order valence-electron chi connectivity index (χ1n) is 9.83. The molecular formula is C22H24N4O3S. The van der Waals surface area contributed by atoms with E-state index in [-0.39, 0.29) is 6.10 Å². The molecule has 30 heavy (non-hydrogen) atoms. The van der Waals surface area contributed by atoms with Crippen molar-refractivity contribution in [1.82, 2.24) is 9.97 Å². The summed E-state index contributed by atoms with van der Waals surface area (Å²) in [7, 11) is 1.48. The van der Waals surface area contributed by atoms with Crippen LogP contribution in [0.3, 0.4) is 0 Å². The summed E-state index contributed by atoms with van der Waals surface area (Å²) < 4.78 is 4.89. The Morgan fingerprint density at radius 3 is 2.47 bits per heavy atom. The number of benzene rings is 2. The molecule has 0 radical (unpaired) electrons. The summed E-state index contributed by atoms with van der Waals surface area (Å²) in [5.74, 6) is 2.25. The fraction of sp³-hybridized carbons (Fsp3) is 0.273. The van der Waals surface area contributed by atoms with Gasteiger partial charge in [0.15, 0.2) is 5.82 Å². The SMILES string of the molecule is COOSc1ccc(Nc2cc(N3CCC(O)CC3)nc(-c3ccccc3)n2)cc1. The van der Waals surface area contributed by atoms with Crippen LogP contribution >= 0.6 is 12.0 Å². The van der Waals surface area contributed by atoms with Crippen molar-refractivity contribution < 1.29 is 14.3 Å². The molecule has 7 nitrogen and oxygen atoms in total. The molecule has 0 bridgehead atoms. The Kier molecular flexibility index (Phi) is 6.81. The quantitative estimate of drug-likeness (QED) is 0.328. The van der Waals surface area contributed by atoms with E-state index in [1.807, 2.05) is 60.7 Å². The van der Waals surface area contributed by atoms with Crippen molar-refractivity contribution in [2.75, 3.05) is 30.4 Å². The topological polar surface area (TPSA) is 79.7 Å². The molecule has 2 N–H and O–H groups in total. The number of hydrogen-bond donors (Lipinski definition) is 2. The largest absolute Gasteiger partial charge is 0.393 e. The molecule has 2 aromatic carbocycles. The van der Waals surface area contributed by atoms with Gasteiger partial charge in [-0.3, -0.25) is 0 Å². The number of hydrogen-bond acceptors (Lipinski definition) is 8. The Labute approximate surface area is 180 Å². The van der Waals surface area contributed by atoms with E-state index in [2.05, 4.69) is 15.1 Å². The highest BCUT2D eigenvalue weighted by Crippen LogP contribution is 2.27. The van der Waals surface area contributed by atoms with E-state index in [0.29, 0.717) is 5.82 Å². The van der Waals surface area contributed by atoms with Crippen LogP contribution in [0.2, 0.25) is 0 Å². The Hall–Kier alpha value is -2.65. The molecular weight excluding hydrogens is 400 g/mol. The van der Waals surface area contributed by atoms with Gasteiger partial charge in [-0.15, -0.1) is 0 Å². The molecule has 156 valence electrons. The van der Waals surface area contributed by atoms with Crippen molar-refractivity contribution in [3.63, 3.8) is 0 Å². The molecule has 0 unspecified atom stereocenters. The van der Waals surface area contributed by atoms with Crippen molar-refractivity contribution in [2.24, 2.45) is 0 Å². The third-order valence-electron chi connectivity index (χ3n) is 4.86. The minimum atomic E-state index is -0.229. The second kappa shape index (κ2) is 9.90. The van der Waals surface area contributed by atoms with Crippen molar-refractivity contribution in [3.8, 4) is 11.4 Å². The monoisotopic (exact) mass is 424 g/mol. The predicted molar refractivity (Wildman–Crippen MR) is 119 cm³/mol. The first kappa shape index (κ1) is 20.6. The van der Waals surface area contributed by atoms with Gasteiger partial charge in [0.2, 0.25) is 0 Å². The van der Waals surface area contributed by atoms with E-state index in [1.54, 1.807) is 0 Å². The van der Waals surface area contributed by atoms with Gasteiger partial charge in [-0.25, -0.2) is 14.9 Å². The predicted octanol–water partition coefficient (Wildman–Crippen LogP) is 4.43. The van der Waals surface area contributed by atoms with Crippen LogP contribution in [0.4, 0.5) is 17.3 Å². The number of aromatic nitrogens is 2. The summed E-state index contributed by atoms with van der Waals surface area (Å²) in [5.41, 5.74) is 1.87. The number of anilines is 3. The van der Waals surface area contributed by atoms with Gasteiger partial charge in [0.25, 0.3) is 0 Å². The Bertz CT molecular complexity index is 948. The molecule has 4 rings (SSSR count). The van der Waals surface area contributed by atoms with Gasteiger partial charge in [-0.1, -0.05) is 30.3 Å². The number of rotatable bonds is 7. The van der Waals surface area contributed by atoms with Gasteiger partial charge < -0.3 is 15.3 Å². The lowest BCUT2D eigenvalue weighted by atomic mass is 10.1. The average Bonchev–Trinajstić information content (AvgIpc) is 2.79. The number of nitrogens with zero attached hydrogens (tertiary/aromatic N) is 3. The third kappa shape index (κ3) is 5.28. The van der Waals surface area contributed by atoms with Crippen LogP contribution in [0.25, 0.3) is 11.4 Å². The lowest BCUT2D eigenvalue weighted by Gasteiger charge is -2.30. The highest BCUT2D eigenvalue weighted by Gasteiger charge is 2.20. The van der Waals surface area contributed by atoms with Gasteiger partial charge >= 0.3 is 0 Å². The van der Waals surface area contributed by atoms with Gasteiger partial charge in [0.05, 0.1) is 25.3 Å². The zero-order chi connectivity index (χ0) is 20.8. The first-order chi connectivity index (χ1) is 14.7. The van der Waals surface area contributed by atoms with E-state index >= 15 is 0 Å². The zero-order valence-electron chi connectivity index (χ0n) is 16.7. The lowest BCUT2D eigenvalue weighted by molar-refractivity contribution is -0.160. The van der Waals surface area contributed by atoms with Crippen LogP contribution in [0.1, 0.15) is 12.8 Å². The van der Waals surface area contributed by atoms with Gasteiger partial charge in [-0.2, -0.15) is 4.33 Å². The van der Waals surface area contributed by atoms with E-state index in [9.17, 15) is 5.11 Å². The van der Waals surface area contributed by atoms with E-state index in [1.165, 1.54) is 7.11 Å². The summed E-state index contributed by atoms with van der Waals surface area (Å²) >= 11 is 1.15. The van der Waals surface area contributed by atoms with E-state index in [4.69, 9.17) is 14.3 Å². The maximum atomic E-state index is 9.84. The second-order valence-electron chi connectivity index (χ2n) is 6.99. The molecule has 1 aromatic heterocycles. The average molecular weight is 425 g/mol. The molecule has 8 heteroatoms. The fourth-order valence-electron chi connectivity index (χ4n) is 3.29. The lowest BCUT2D eigenvalue weighted by Crippen LogP contribution is -2.36. The molecule has 1 aliphatic rings. The molecule has 3 aromatic rings. The van der Waals surface area contributed by atoms with Crippen LogP contribution in [-0.2, 0) is 9.22 Å². The summed E-state index contributed by atoms with van der Waals surface area (Å²) in [6, 6.07) is 19.7. The molecule has 0 amide bonds. The number of aliphatic hydroxyl groups excluding tert-OH is 1. The van der Waals surface area contributed by atoms with E-state index in [0.717, 1.165) is 65.8 Å². The molecule has 2 heterocycles. The summed E-state index contributed by atoms with van der Waals surface area (Å²) in [6.45, 7) is 1.55. The maximum Gasteiger partial charge on any atom is 0.163 e. The fourth-order valence-corrected chi connectivity index (χ4v) is 3.68. The summed E-state index contributed by atoms with van der Waals surface area (Å²) in [5, 5.41) is 13.2. The molecule has 0 aliphatic carbocycles. The summed E-state index contributed by atoms with van der Waals surface area (Å²) in [4.78, 5) is 17.3. The van der Waals surface area contributed by atoms with Crippen molar-refractivity contribution in [3.05, 3.63) is 60.7 Å². The third-order valence-corrected chi connectivity index (χ3v) is 5.53. The van der Waals surface area contributed by atoms with Crippen molar-refractivity contribution in [2.45, 2.75) is 23.8 Å². The van der Waals surface area contributed by atoms with E-state index < -0.39 is 0 Å². The number of nitrogens with one attached hydrogen (secondary N) is 1. The van der Waals surface area contributed by atoms with Crippen molar-refractivity contribution >= 4 is 29.4 Å². The first-order valence-corrected chi connectivity index (χ1v) is 10.6. The highest BCUT2D eigenvalue weighted by molar-refractivity contribution is 7.94. The number of piperidine rings is 1. The summed E-state index contributed by atoms with van der Waals surface area (Å²) in [6.07, 6.45) is 1.26. The Morgan fingerprint density at radius 1 is 1.03 bits per heavy atom. The van der Waals surface area contributed by atoms with Gasteiger partial charge in [-0.05, 0) is 37.1 Å². The molecule has 0 spiro atoms. The minimum absolute atomic E-state index is 0.229. The number of aliphatic hydroxyl groups is 1. The molecule has 1 saturated heterocycles. The molecule has 0 atom stereocenters. The molecule has 1 aliphatic heterocycles. The van der Waals surface area contributed by atoms with Crippen LogP contribution in [0, 0.1) is 0 Å². The second-order valence-corrected chi connectivity index (χ2v) is 7.76. The van der Waals surface area contributed by atoms with Gasteiger partial charge in [0, 0.05) is 35.3 Å². The maximum absolute atomic E-state index is 9.84.